The summed E-state index contributed by atoms with van der Waals surface area (Å²) in [4.78, 5) is 11.2. The van der Waals surface area contributed by atoms with E-state index in [9.17, 15) is 9.90 Å². The van der Waals surface area contributed by atoms with E-state index in [0.29, 0.717) is 6.42 Å². The van der Waals surface area contributed by atoms with Crippen molar-refractivity contribution in [2.45, 2.75) is 19.1 Å². The zero-order valence-corrected chi connectivity index (χ0v) is 10.2. The first-order chi connectivity index (χ1) is 9.19. The van der Waals surface area contributed by atoms with Crippen molar-refractivity contribution >= 4 is 5.91 Å². The number of hydrogen-bond acceptors (Lipinski definition) is 5. The van der Waals surface area contributed by atoms with Crippen LogP contribution >= 0.6 is 0 Å². The normalized spacial score (nSPS) is 12.1. The maximum atomic E-state index is 11.2. The van der Waals surface area contributed by atoms with Gasteiger partial charge in [0, 0.05) is 6.42 Å². The second-order valence-electron chi connectivity index (χ2n) is 4.14. The van der Waals surface area contributed by atoms with Crippen molar-refractivity contribution in [1.29, 1.82) is 0 Å². The largest absolute Gasteiger partial charge is 0.391 e. The predicted octanol–water partition coefficient (Wildman–Crippen LogP) is -0.515. The molecule has 0 aliphatic carbocycles. The van der Waals surface area contributed by atoms with Crippen LogP contribution in [0.15, 0.2) is 36.5 Å². The Hall–Kier alpha value is -2.25. The maximum absolute atomic E-state index is 11.2. The fourth-order valence-corrected chi connectivity index (χ4v) is 1.73. The number of rotatable bonds is 5. The zero-order chi connectivity index (χ0) is 13.7. The molecule has 0 radical (unpaired) electrons. The Morgan fingerprint density at radius 3 is 2.84 bits per heavy atom. The maximum Gasteiger partial charge on any atom is 0.287 e. The van der Waals surface area contributed by atoms with Crippen LogP contribution in [0.5, 0.6) is 0 Å². The molecule has 100 valence electrons. The summed E-state index contributed by atoms with van der Waals surface area (Å²) in [6.45, 7) is 0.264. The third-order valence-corrected chi connectivity index (χ3v) is 2.61. The van der Waals surface area contributed by atoms with E-state index in [4.69, 9.17) is 5.84 Å². The Labute approximate surface area is 110 Å². The number of nitrogens with one attached hydrogen (secondary N) is 1. The molecule has 0 fully saturated rings. The van der Waals surface area contributed by atoms with E-state index in [0.717, 1.165) is 5.56 Å². The van der Waals surface area contributed by atoms with Gasteiger partial charge < -0.3 is 5.11 Å². The second kappa shape index (κ2) is 6.07. The average Bonchev–Trinajstić information content (AvgIpc) is 2.87. The lowest BCUT2D eigenvalue weighted by Gasteiger charge is -2.09. The molecular weight excluding hydrogens is 246 g/mol. The summed E-state index contributed by atoms with van der Waals surface area (Å²) >= 11 is 0. The third-order valence-electron chi connectivity index (χ3n) is 2.61. The highest BCUT2D eigenvalue weighted by atomic mass is 16.3. The van der Waals surface area contributed by atoms with Crippen molar-refractivity contribution in [2.24, 2.45) is 5.84 Å². The number of carbonyl (C=O) groups is 1. The van der Waals surface area contributed by atoms with Gasteiger partial charge in [0.1, 0.15) is 0 Å². The molecule has 0 spiro atoms. The summed E-state index contributed by atoms with van der Waals surface area (Å²) < 4.78 is 1.41. The van der Waals surface area contributed by atoms with Gasteiger partial charge in [0.15, 0.2) is 5.69 Å². The Morgan fingerprint density at radius 1 is 1.42 bits per heavy atom. The number of aromatic nitrogens is 3. The van der Waals surface area contributed by atoms with E-state index in [1.165, 1.54) is 10.9 Å². The smallest absolute Gasteiger partial charge is 0.287 e. The predicted molar refractivity (Wildman–Crippen MR) is 67.8 cm³/mol. The van der Waals surface area contributed by atoms with Gasteiger partial charge in [0.05, 0.1) is 18.8 Å². The van der Waals surface area contributed by atoms with E-state index >= 15 is 0 Å². The van der Waals surface area contributed by atoms with Crippen molar-refractivity contribution in [2.75, 3.05) is 0 Å². The number of aliphatic hydroxyl groups excluding tert-OH is 1. The lowest BCUT2D eigenvalue weighted by atomic mass is 10.1. The van der Waals surface area contributed by atoms with Crippen molar-refractivity contribution in [3.8, 4) is 0 Å². The van der Waals surface area contributed by atoms with E-state index in [1.807, 2.05) is 35.8 Å². The van der Waals surface area contributed by atoms with Crippen LogP contribution < -0.4 is 11.3 Å². The number of nitrogen functional groups attached to an aromatic ring is 1. The highest BCUT2D eigenvalue weighted by Crippen LogP contribution is 2.05. The summed E-state index contributed by atoms with van der Waals surface area (Å²) in [5.74, 6) is 4.48. The Bertz CT molecular complexity index is 540. The molecule has 1 unspecified atom stereocenters. The topological polar surface area (TPSA) is 106 Å². The number of aliphatic hydroxyl groups is 1. The van der Waals surface area contributed by atoms with E-state index in [-0.39, 0.29) is 12.2 Å². The molecule has 0 saturated heterocycles. The molecule has 1 aromatic carbocycles. The lowest BCUT2D eigenvalue weighted by Crippen LogP contribution is -2.30. The Morgan fingerprint density at radius 2 is 2.16 bits per heavy atom. The van der Waals surface area contributed by atoms with Gasteiger partial charge in [-0.1, -0.05) is 35.5 Å². The fraction of sp³-hybridized carbons (Fsp3) is 0.250. The number of carbonyl (C=O) groups excluding carboxylic acids is 1. The minimum atomic E-state index is -0.599. The monoisotopic (exact) mass is 261 g/mol. The number of benzene rings is 1. The summed E-state index contributed by atoms with van der Waals surface area (Å²) in [6.07, 6.45) is 1.35. The first kappa shape index (κ1) is 13.2. The number of hydrazine groups is 1. The average molecular weight is 261 g/mol. The van der Waals surface area contributed by atoms with E-state index in [2.05, 4.69) is 10.3 Å². The molecular formula is C12H15N5O2. The third kappa shape index (κ3) is 3.60. The number of amides is 1. The lowest BCUT2D eigenvalue weighted by molar-refractivity contribution is 0.0948. The van der Waals surface area contributed by atoms with E-state index < -0.39 is 12.0 Å². The van der Waals surface area contributed by atoms with Crippen LogP contribution in [0, 0.1) is 0 Å². The SMILES string of the molecule is NNC(=O)c1cn(CC(O)Cc2ccccc2)nn1. The van der Waals surface area contributed by atoms with Gasteiger partial charge in [0.2, 0.25) is 0 Å². The van der Waals surface area contributed by atoms with Gasteiger partial charge in [-0.05, 0) is 5.56 Å². The van der Waals surface area contributed by atoms with Crippen LogP contribution in [-0.4, -0.2) is 32.1 Å². The number of nitrogens with two attached hydrogens (primary N) is 1. The van der Waals surface area contributed by atoms with Crippen molar-refractivity contribution in [3.63, 3.8) is 0 Å². The van der Waals surface area contributed by atoms with Crippen LogP contribution in [-0.2, 0) is 13.0 Å². The zero-order valence-electron chi connectivity index (χ0n) is 10.2. The standard InChI is InChI=1S/C12H15N5O2/c13-14-12(19)11-8-17(16-15-11)7-10(18)6-9-4-2-1-3-5-9/h1-5,8,10,18H,6-7,13H2,(H,14,19). The minimum Gasteiger partial charge on any atom is -0.391 e. The van der Waals surface area contributed by atoms with Crippen molar-refractivity contribution < 1.29 is 9.90 Å². The molecule has 7 nitrogen and oxygen atoms in total. The van der Waals surface area contributed by atoms with Gasteiger partial charge in [-0.15, -0.1) is 5.10 Å². The Kier molecular flexibility index (Phi) is 4.22. The highest BCUT2D eigenvalue weighted by Gasteiger charge is 2.12. The second-order valence-corrected chi connectivity index (χ2v) is 4.14. The minimum absolute atomic E-state index is 0.120. The van der Waals surface area contributed by atoms with Crippen LogP contribution in [0.1, 0.15) is 16.1 Å². The van der Waals surface area contributed by atoms with Crippen molar-refractivity contribution in [1.82, 2.24) is 20.4 Å². The van der Waals surface area contributed by atoms with Gasteiger partial charge in [-0.3, -0.25) is 10.2 Å². The van der Waals surface area contributed by atoms with E-state index in [1.54, 1.807) is 0 Å². The molecule has 0 aliphatic heterocycles. The molecule has 19 heavy (non-hydrogen) atoms. The molecule has 0 bridgehead atoms. The van der Waals surface area contributed by atoms with Crippen LogP contribution in [0.4, 0.5) is 0 Å². The molecule has 1 amide bonds. The van der Waals surface area contributed by atoms with Gasteiger partial charge >= 0.3 is 0 Å². The van der Waals surface area contributed by atoms with Crippen molar-refractivity contribution in [3.05, 3.63) is 47.8 Å². The summed E-state index contributed by atoms with van der Waals surface area (Å²) in [6, 6.07) is 9.64. The molecule has 0 saturated carbocycles. The fourth-order valence-electron chi connectivity index (χ4n) is 1.73. The molecule has 4 N–H and O–H groups in total. The van der Waals surface area contributed by atoms with Crippen LogP contribution in [0.25, 0.3) is 0 Å². The quantitative estimate of drug-likeness (QED) is 0.381. The van der Waals surface area contributed by atoms with Gasteiger partial charge in [-0.25, -0.2) is 10.5 Å². The molecule has 2 aromatic rings. The first-order valence-electron chi connectivity index (χ1n) is 5.82. The Balaban J connectivity index is 1.94. The van der Waals surface area contributed by atoms with Crippen LogP contribution in [0.3, 0.4) is 0 Å². The summed E-state index contributed by atoms with van der Waals surface area (Å²) in [5.41, 5.74) is 3.13. The molecule has 7 heteroatoms. The molecule has 1 heterocycles. The molecule has 1 aromatic heterocycles. The number of hydrogen-bond donors (Lipinski definition) is 3. The molecule has 1 atom stereocenters. The molecule has 2 rings (SSSR count). The number of nitrogens with zero attached hydrogens (tertiary/aromatic N) is 3. The highest BCUT2D eigenvalue weighted by molar-refractivity contribution is 5.91. The van der Waals surface area contributed by atoms with Gasteiger partial charge in [0.25, 0.3) is 5.91 Å². The molecule has 0 aliphatic rings. The summed E-state index contributed by atoms with van der Waals surface area (Å²) in [7, 11) is 0. The first-order valence-corrected chi connectivity index (χ1v) is 5.82. The summed E-state index contributed by atoms with van der Waals surface area (Å²) in [5, 5.41) is 17.4. The van der Waals surface area contributed by atoms with Crippen LogP contribution in [0.2, 0.25) is 0 Å². The van der Waals surface area contributed by atoms with Gasteiger partial charge in [-0.2, -0.15) is 0 Å².